The minimum atomic E-state index is -0.970. The van der Waals surface area contributed by atoms with E-state index in [1.165, 1.54) is 0 Å². The van der Waals surface area contributed by atoms with Crippen LogP contribution in [0.4, 0.5) is 0 Å². The van der Waals surface area contributed by atoms with E-state index in [9.17, 15) is 9.90 Å². The Balaban J connectivity index is 2.08. The van der Waals surface area contributed by atoms with Gasteiger partial charge in [-0.2, -0.15) is 0 Å². The van der Waals surface area contributed by atoms with E-state index in [4.69, 9.17) is 0 Å². The zero-order valence-corrected chi connectivity index (χ0v) is 11.3. The van der Waals surface area contributed by atoms with Gasteiger partial charge in [0.15, 0.2) is 5.78 Å². The Morgan fingerprint density at radius 1 is 1.00 bits per heavy atom. The standard InChI is InChI=1S/C18H16O2/c1-14(18(20)16-10-6-3-7-11-16)17(19)13-12-15-8-4-2-5-9-15/h2-11,14,17,19H,1H3/t14-,17+/m0/s1. The number of hydrogen-bond acceptors (Lipinski definition) is 2. The Labute approximate surface area is 119 Å². The SMILES string of the molecule is C[C@H](C(=O)c1ccccc1)[C@H](O)C#Cc1ccccc1. The van der Waals surface area contributed by atoms with E-state index in [-0.39, 0.29) is 5.78 Å². The molecule has 2 nitrogen and oxygen atoms in total. The Kier molecular flexibility index (Phi) is 4.70. The molecule has 0 bridgehead atoms. The third kappa shape index (κ3) is 3.57. The number of aliphatic hydroxyl groups excluding tert-OH is 1. The normalized spacial score (nSPS) is 12.9. The highest BCUT2D eigenvalue weighted by Gasteiger charge is 2.21. The molecule has 1 N–H and O–H groups in total. The van der Waals surface area contributed by atoms with Crippen molar-refractivity contribution < 1.29 is 9.90 Å². The van der Waals surface area contributed by atoms with Crippen molar-refractivity contribution in [3.8, 4) is 11.8 Å². The molecule has 0 radical (unpaired) electrons. The maximum atomic E-state index is 12.2. The van der Waals surface area contributed by atoms with Gasteiger partial charge in [-0.25, -0.2) is 0 Å². The topological polar surface area (TPSA) is 37.3 Å². The summed E-state index contributed by atoms with van der Waals surface area (Å²) in [6, 6.07) is 18.4. The van der Waals surface area contributed by atoms with E-state index in [2.05, 4.69) is 11.8 Å². The van der Waals surface area contributed by atoms with E-state index >= 15 is 0 Å². The Hall–Kier alpha value is -2.37. The van der Waals surface area contributed by atoms with E-state index in [1.54, 1.807) is 19.1 Å². The summed E-state index contributed by atoms with van der Waals surface area (Å²) in [7, 11) is 0. The molecule has 0 fully saturated rings. The fourth-order valence-corrected chi connectivity index (χ4v) is 1.81. The van der Waals surface area contributed by atoms with E-state index in [1.807, 2.05) is 48.5 Å². The smallest absolute Gasteiger partial charge is 0.169 e. The molecule has 2 aromatic carbocycles. The molecule has 2 rings (SSSR count). The summed E-state index contributed by atoms with van der Waals surface area (Å²) in [5.41, 5.74) is 1.42. The summed E-state index contributed by atoms with van der Waals surface area (Å²) >= 11 is 0. The van der Waals surface area contributed by atoms with Crippen LogP contribution in [0.25, 0.3) is 0 Å². The number of carbonyl (C=O) groups is 1. The summed E-state index contributed by atoms with van der Waals surface area (Å²) in [4.78, 5) is 12.2. The second kappa shape index (κ2) is 6.70. The average molecular weight is 264 g/mol. The molecule has 0 spiro atoms. The van der Waals surface area contributed by atoms with Gasteiger partial charge in [-0.15, -0.1) is 0 Å². The number of carbonyl (C=O) groups excluding carboxylic acids is 1. The number of ketones is 1. The minimum Gasteiger partial charge on any atom is -0.380 e. The van der Waals surface area contributed by atoms with Crippen LogP contribution in [0.15, 0.2) is 60.7 Å². The first-order chi connectivity index (χ1) is 9.68. The molecule has 0 aliphatic carbocycles. The molecule has 0 saturated carbocycles. The lowest BCUT2D eigenvalue weighted by atomic mass is 9.94. The maximum Gasteiger partial charge on any atom is 0.169 e. The van der Waals surface area contributed by atoms with Crippen molar-refractivity contribution in [1.29, 1.82) is 0 Å². The lowest BCUT2D eigenvalue weighted by Gasteiger charge is -2.12. The van der Waals surface area contributed by atoms with Gasteiger partial charge >= 0.3 is 0 Å². The summed E-state index contributed by atoms with van der Waals surface area (Å²) in [5.74, 6) is 4.97. The molecule has 0 unspecified atom stereocenters. The minimum absolute atomic E-state index is 0.0968. The summed E-state index contributed by atoms with van der Waals surface area (Å²) in [6.45, 7) is 1.69. The first kappa shape index (κ1) is 14.0. The fourth-order valence-electron chi connectivity index (χ4n) is 1.81. The number of aliphatic hydroxyl groups is 1. The van der Waals surface area contributed by atoms with E-state index in [0.717, 1.165) is 5.56 Å². The van der Waals surface area contributed by atoms with Crippen LogP contribution in [-0.2, 0) is 0 Å². The van der Waals surface area contributed by atoms with E-state index in [0.29, 0.717) is 5.56 Å². The van der Waals surface area contributed by atoms with Gasteiger partial charge in [0.05, 0.1) is 5.92 Å². The number of Topliss-reactive ketones (excluding diaryl/α,β-unsaturated/α-hetero) is 1. The monoisotopic (exact) mass is 264 g/mol. The summed E-state index contributed by atoms with van der Waals surface area (Å²) in [5, 5.41) is 10.0. The quantitative estimate of drug-likeness (QED) is 0.683. The van der Waals surface area contributed by atoms with Crippen LogP contribution in [0.1, 0.15) is 22.8 Å². The molecule has 0 aliphatic rings. The van der Waals surface area contributed by atoms with Gasteiger partial charge in [0.25, 0.3) is 0 Å². The van der Waals surface area contributed by atoms with Crippen molar-refractivity contribution in [3.05, 3.63) is 71.8 Å². The van der Waals surface area contributed by atoms with Crippen molar-refractivity contribution in [2.45, 2.75) is 13.0 Å². The summed E-state index contributed by atoms with van der Waals surface area (Å²) in [6.07, 6.45) is -0.970. The van der Waals surface area contributed by atoms with Gasteiger partial charge in [0, 0.05) is 11.1 Å². The largest absolute Gasteiger partial charge is 0.380 e. The highest BCUT2D eigenvalue weighted by molar-refractivity contribution is 5.98. The number of benzene rings is 2. The molecule has 20 heavy (non-hydrogen) atoms. The molecule has 100 valence electrons. The van der Waals surface area contributed by atoms with E-state index < -0.39 is 12.0 Å². The molecule has 2 heteroatoms. The fraction of sp³-hybridized carbons (Fsp3) is 0.167. The van der Waals surface area contributed by atoms with Crippen LogP contribution in [0.2, 0.25) is 0 Å². The van der Waals surface area contributed by atoms with Crippen molar-refractivity contribution in [2.75, 3.05) is 0 Å². The van der Waals surface area contributed by atoms with Gasteiger partial charge in [0.2, 0.25) is 0 Å². The Morgan fingerprint density at radius 2 is 1.55 bits per heavy atom. The molecule has 0 saturated heterocycles. The Bertz CT molecular complexity index is 621. The predicted molar refractivity (Wildman–Crippen MR) is 79.3 cm³/mol. The van der Waals surface area contributed by atoms with Crippen LogP contribution in [0.5, 0.6) is 0 Å². The van der Waals surface area contributed by atoms with Crippen molar-refractivity contribution in [3.63, 3.8) is 0 Å². The Morgan fingerprint density at radius 3 is 2.15 bits per heavy atom. The van der Waals surface area contributed by atoms with Crippen molar-refractivity contribution >= 4 is 5.78 Å². The van der Waals surface area contributed by atoms with Crippen LogP contribution < -0.4 is 0 Å². The maximum absolute atomic E-state index is 12.2. The number of rotatable bonds is 3. The van der Waals surface area contributed by atoms with Gasteiger partial charge in [-0.1, -0.05) is 67.3 Å². The van der Waals surface area contributed by atoms with Crippen LogP contribution in [0.3, 0.4) is 0 Å². The van der Waals surface area contributed by atoms with Gasteiger partial charge in [-0.3, -0.25) is 4.79 Å². The van der Waals surface area contributed by atoms with Gasteiger partial charge < -0.3 is 5.11 Å². The zero-order chi connectivity index (χ0) is 14.4. The zero-order valence-electron chi connectivity index (χ0n) is 11.3. The van der Waals surface area contributed by atoms with Crippen molar-refractivity contribution in [1.82, 2.24) is 0 Å². The van der Waals surface area contributed by atoms with Crippen LogP contribution in [0, 0.1) is 17.8 Å². The second-order valence-electron chi connectivity index (χ2n) is 4.60. The lowest BCUT2D eigenvalue weighted by molar-refractivity contribution is 0.0817. The molecule has 0 aliphatic heterocycles. The lowest BCUT2D eigenvalue weighted by Crippen LogP contribution is -2.24. The van der Waals surface area contributed by atoms with Crippen molar-refractivity contribution in [2.24, 2.45) is 5.92 Å². The molecule has 0 amide bonds. The third-order valence-corrected chi connectivity index (χ3v) is 3.08. The average Bonchev–Trinajstić information content (AvgIpc) is 2.53. The highest BCUT2D eigenvalue weighted by atomic mass is 16.3. The molecule has 2 aromatic rings. The third-order valence-electron chi connectivity index (χ3n) is 3.08. The predicted octanol–water partition coefficient (Wildman–Crippen LogP) is 2.92. The molecule has 0 aromatic heterocycles. The van der Waals surface area contributed by atoms with Crippen LogP contribution >= 0.6 is 0 Å². The van der Waals surface area contributed by atoms with Gasteiger partial charge in [-0.05, 0) is 12.1 Å². The first-order valence-electron chi connectivity index (χ1n) is 6.52. The second-order valence-corrected chi connectivity index (χ2v) is 4.60. The molecular formula is C18H16O2. The van der Waals surface area contributed by atoms with Gasteiger partial charge in [0.1, 0.15) is 6.10 Å². The highest BCUT2D eigenvalue weighted by Crippen LogP contribution is 2.12. The molecular weight excluding hydrogens is 248 g/mol. The molecule has 0 heterocycles. The summed E-state index contributed by atoms with van der Waals surface area (Å²) < 4.78 is 0. The van der Waals surface area contributed by atoms with Crippen LogP contribution in [-0.4, -0.2) is 17.0 Å². The number of hydrogen-bond donors (Lipinski definition) is 1. The molecule has 2 atom stereocenters. The first-order valence-corrected chi connectivity index (χ1v) is 6.52.